The molecule has 0 saturated heterocycles. The molecule has 0 aliphatic carbocycles. The zero-order valence-electron chi connectivity index (χ0n) is 11.1. The number of carbonyl (C=O) groups is 1. The summed E-state index contributed by atoms with van der Waals surface area (Å²) in [5, 5.41) is 6.17. The minimum Gasteiger partial charge on any atom is -0.355 e. The molecule has 2 aromatic rings. The van der Waals surface area contributed by atoms with Gasteiger partial charge >= 0.3 is 0 Å². The number of pyridine rings is 1. The third kappa shape index (κ3) is 3.23. The molecule has 20 heavy (non-hydrogen) atoms. The van der Waals surface area contributed by atoms with Crippen molar-refractivity contribution in [2.45, 2.75) is 4.90 Å². The molecule has 1 amide bonds. The zero-order chi connectivity index (χ0) is 14.5. The summed E-state index contributed by atoms with van der Waals surface area (Å²) < 4.78 is 0. The second kappa shape index (κ2) is 6.63. The van der Waals surface area contributed by atoms with Gasteiger partial charge in [-0.3, -0.25) is 4.79 Å². The highest BCUT2D eigenvalue weighted by molar-refractivity contribution is 7.98. The summed E-state index contributed by atoms with van der Waals surface area (Å²) >= 11 is 7.54. The van der Waals surface area contributed by atoms with Gasteiger partial charge in [-0.2, -0.15) is 0 Å². The second-order valence-corrected chi connectivity index (χ2v) is 5.19. The molecule has 104 valence electrons. The maximum Gasteiger partial charge on any atom is 0.254 e. The Labute approximate surface area is 126 Å². The molecule has 2 rings (SSSR count). The number of carbonyl (C=O) groups excluding carboxylic acids is 1. The van der Waals surface area contributed by atoms with Gasteiger partial charge in [-0.15, -0.1) is 11.8 Å². The molecule has 2 N–H and O–H groups in total. The highest BCUT2D eigenvalue weighted by atomic mass is 35.5. The number of hydrogen-bond donors (Lipinski definition) is 2. The topological polar surface area (TPSA) is 54.0 Å². The van der Waals surface area contributed by atoms with E-state index in [4.69, 9.17) is 11.6 Å². The molecular weight excluding hydrogens is 294 g/mol. The first kappa shape index (κ1) is 14.7. The average Bonchev–Trinajstić information content (AvgIpc) is 2.47. The van der Waals surface area contributed by atoms with Gasteiger partial charge < -0.3 is 10.6 Å². The number of thioether (sulfide) groups is 1. The summed E-state index contributed by atoms with van der Waals surface area (Å²) in [6, 6.07) is 9.51. The van der Waals surface area contributed by atoms with Crippen molar-refractivity contribution in [1.29, 1.82) is 0 Å². The molecule has 0 atom stereocenters. The van der Waals surface area contributed by atoms with E-state index in [-0.39, 0.29) is 5.91 Å². The fourth-order valence-electron chi connectivity index (χ4n) is 1.74. The molecule has 0 saturated carbocycles. The van der Waals surface area contributed by atoms with Gasteiger partial charge in [-0.1, -0.05) is 23.7 Å². The zero-order valence-corrected chi connectivity index (χ0v) is 12.7. The fourth-order valence-corrected chi connectivity index (χ4v) is 2.45. The molecule has 1 aromatic carbocycles. The molecule has 0 spiro atoms. The van der Waals surface area contributed by atoms with Gasteiger partial charge in [-0.25, -0.2) is 4.98 Å². The van der Waals surface area contributed by atoms with Crippen LogP contribution in [0, 0.1) is 0 Å². The predicted molar refractivity (Wildman–Crippen MR) is 84.1 cm³/mol. The lowest BCUT2D eigenvalue weighted by Crippen LogP contribution is -2.19. The van der Waals surface area contributed by atoms with Crippen LogP contribution >= 0.6 is 23.4 Å². The molecule has 0 radical (unpaired) electrons. The van der Waals surface area contributed by atoms with Crippen LogP contribution in [0.25, 0.3) is 0 Å². The molecule has 0 fully saturated rings. The Balaban J connectivity index is 2.42. The lowest BCUT2D eigenvalue weighted by Gasteiger charge is -2.13. The van der Waals surface area contributed by atoms with Crippen molar-refractivity contribution < 1.29 is 4.79 Å². The van der Waals surface area contributed by atoms with Crippen LogP contribution in [0.5, 0.6) is 0 Å². The predicted octanol–water partition coefficient (Wildman–Crippen LogP) is 3.56. The monoisotopic (exact) mass is 307 g/mol. The maximum atomic E-state index is 11.9. The Bertz CT molecular complexity index is 634. The van der Waals surface area contributed by atoms with Crippen molar-refractivity contribution >= 4 is 40.6 Å². The third-order valence-electron chi connectivity index (χ3n) is 2.72. The van der Waals surface area contributed by atoms with Crippen LogP contribution in [0.15, 0.2) is 41.4 Å². The minimum atomic E-state index is -0.210. The summed E-state index contributed by atoms with van der Waals surface area (Å²) in [4.78, 5) is 16.9. The Morgan fingerprint density at radius 2 is 2.05 bits per heavy atom. The Kier molecular flexibility index (Phi) is 4.87. The van der Waals surface area contributed by atoms with Gasteiger partial charge in [0.2, 0.25) is 0 Å². The molecule has 0 unspecified atom stereocenters. The number of amides is 1. The number of aromatic nitrogens is 1. The number of nitrogens with zero attached hydrogens (tertiary/aromatic N) is 1. The van der Waals surface area contributed by atoms with E-state index in [0.29, 0.717) is 16.4 Å². The fraction of sp³-hybridized carbons (Fsp3) is 0.143. The van der Waals surface area contributed by atoms with Crippen LogP contribution < -0.4 is 10.6 Å². The van der Waals surface area contributed by atoms with E-state index in [0.717, 1.165) is 10.6 Å². The van der Waals surface area contributed by atoms with Gasteiger partial charge in [-0.05, 0) is 24.5 Å². The summed E-state index contributed by atoms with van der Waals surface area (Å²) in [5.74, 6) is -0.210. The van der Waals surface area contributed by atoms with E-state index in [1.54, 1.807) is 24.9 Å². The van der Waals surface area contributed by atoms with Gasteiger partial charge in [0.05, 0.1) is 16.9 Å². The van der Waals surface area contributed by atoms with E-state index >= 15 is 0 Å². The molecule has 0 aliphatic rings. The summed E-state index contributed by atoms with van der Waals surface area (Å²) in [6.45, 7) is 0. The third-order valence-corrected chi connectivity index (χ3v) is 3.72. The van der Waals surface area contributed by atoms with E-state index in [1.807, 2.05) is 30.5 Å². The van der Waals surface area contributed by atoms with Crippen LogP contribution in [0.3, 0.4) is 0 Å². The van der Waals surface area contributed by atoms with Gasteiger partial charge in [0, 0.05) is 18.1 Å². The van der Waals surface area contributed by atoms with Crippen LogP contribution in [-0.4, -0.2) is 24.2 Å². The van der Waals surface area contributed by atoms with Gasteiger partial charge in [0.25, 0.3) is 5.91 Å². The lowest BCUT2D eigenvalue weighted by atomic mass is 10.2. The molecular formula is C14H14ClN3OS. The van der Waals surface area contributed by atoms with Crippen molar-refractivity contribution in [1.82, 2.24) is 10.3 Å². The van der Waals surface area contributed by atoms with Crippen LogP contribution in [0.1, 0.15) is 10.4 Å². The van der Waals surface area contributed by atoms with Crippen LogP contribution in [-0.2, 0) is 0 Å². The molecule has 0 aliphatic heterocycles. The van der Waals surface area contributed by atoms with Crippen molar-refractivity contribution in [3.63, 3.8) is 0 Å². The molecule has 4 nitrogen and oxygen atoms in total. The minimum absolute atomic E-state index is 0.210. The van der Waals surface area contributed by atoms with Crippen molar-refractivity contribution in [2.24, 2.45) is 0 Å². The summed E-state index contributed by atoms with van der Waals surface area (Å²) in [5.41, 5.74) is 2.01. The number of halogens is 1. The van der Waals surface area contributed by atoms with E-state index < -0.39 is 0 Å². The maximum absolute atomic E-state index is 11.9. The Morgan fingerprint density at radius 1 is 1.30 bits per heavy atom. The Morgan fingerprint density at radius 3 is 2.75 bits per heavy atom. The number of hydrogen-bond acceptors (Lipinski definition) is 4. The highest BCUT2D eigenvalue weighted by Gasteiger charge is 2.12. The number of nitrogens with one attached hydrogen (secondary N) is 2. The van der Waals surface area contributed by atoms with E-state index in [9.17, 15) is 4.79 Å². The normalized spacial score (nSPS) is 10.2. The second-order valence-electron chi connectivity index (χ2n) is 3.96. The van der Waals surface area contributed by atoms with Crippen LogP contribution in [0.4, 0.5) is 11.4 Å². The molecule has 6 heteroatoms. The standard InChI is InChI=1S/C14H14ClN3OS/c1-16-14(19)9-8-17-13(15)7-11(9)18-10-5-3-4-6-12(10)20-2/h3-8H,1-2H3,(H,16,19)(H,17,18). The molecule has 0 bridgehead atoms. The first-order chi connectivity index (χ1) is 9.65. The SMILES string of the molecule is CNC(=O)c1cnc(Cl)cc1Nc1ccccc1SC. The summed E-state index contributed by atoms with van der Waals surface area (Å²) in [6.07, 6.45) is 3.46. The molecule has 1 aromatic heterocycles. The van der Waals surface area contributed by atoms with Crippen molar-refractivity contribution in [3.8, 4) is 0 Å². The van der Waals surface area contributed by atoms with Gasteiger partial charge in [0.1, 0.15) is 5.15 Å². The average molecular weight is 308 g/mol. The van der Waals surface area contributed by atoms with Crippen molar-refractivity contribution in [2.75, 3.05) is 18.6 Å². The quantitative estimate of drug-likeness (QED) is 0.670. The number of para-hydroxylation sites is 1. The van der Waals surface area contributed by atoms with Crippen LogP contribution in [0.2, 0.25) is 5.15 Å². The largest absolute Gasteiger partial charge is 0.355 e. The first-order valence-electron chi connectivity index (χ1n) is 5.93. The van der Waals surface area contributed by atoms with Gasteiger partial charge in [0.15, 0.2) is 0 Å². The number of benzene rings is 1. The number of rotatable bonds is 4. The van der Waals surface area contributed by atoms with Crippen molar-refractivity contribution in [3.05, 3.63) is 47.2 Å². The lowest BCUT2D eigenvalue weighted by molar-refractivity contribution is 0.0963. The Hall–Kier alpha value is -1.72. The number of anilines is 2. The van der Waals surface area contributed by atoms with E-state index in [1.165, 1.54) is 6.20 Å². The van der Waals surface area contributed by atoms with E-state index in [2.05, 4.69) is 15.6 Å². The molecule has 1 heterocycles. The highest BCUT2D eigenvalue weighted by Crippen LogP contribution is 2.29. The smallest absolute Gasteiger partial charge is 0.254 e. The first-order valence-corrected chi connectivity index (χ1v) is 7.53. The summed E-state index contributed by atoms with van der Waals surface area (Å²) in [7, 11) is 1.58.